The first kappa shape index (κ1) is 24.7. The first-order valence-corrected chi connectivity index (χ1v) is 10.1. The lowest BCUT2D eigenvalue weighted by Crippen LogP contribution is -2.53. The van der Waals surface area contributed by atoms with Crippen LogP contribution in [-0.4, -0.2) is 61.7 Å². The molecule has 0 spiro atoms. The molecule has 3 rings (SSSR count). The van der Waals surface area contributed by atoms with Crippen molar-refractivity contribution in [3.05, 3.63) is 48.0 Å². The number of cyclic esters (lactones) is 2. The van der Waals surface area contributed by atoms with Gasteiger partial charge in [0.2, 0.25) is 0 Å². The summed E-state index contributed by atoms with van der Waals surface area (Å²) in [6.45, 7) is 2.87. The zero-order valence-corrected chi connectivity index (χ0v) is 18.0. The summed E-state index contributed by atoms with van der Waals surface area (Å²) in [7, 11) is 0.756. The number of carbonyl (C=O) groups excluding carboxylic acids is 3. The van der Waals surface area contributed by atoms with E-state index < -0.39 is 65.8 Å². The number of ether oxygens (including phenoxy) is 5. The fourth-order valence-electron chi connectivity index (χ4n) is 3.76. The highest BCUT2D eigenvalue weighted by Gasteiger charge is 2.64. The molecule has 33 heavy (non-hydrogen) atoms. The first-order valence-electron chi connectivity index (χ1n) is 10.1. The van der Waals surface area contributed by atoms with Crippen molar-refractivity contribution in [1.29, 1.82) is 0 Å². The van der Waals surface area contributed by atoms with E-state index in [2.05, 4.69) is 0 Å². The number of methoxy groups -OCH3 is 1. The Hall–Kier alpha value is -2.92. The third-order valence-electron chi connectivity index (χ3n) is 5.45. The van der Waals surface area contributed by atoms with Crippen LogP contribution in [0.25, 0.3) is 0 Å². The third-order valence-corrected chi connectivity index (χ3v) is 5.45. The molecule has 2 aliphatic rings. The van der Waals surface area contributed by atoms with Gasteiger partial charge in [-0.15, -0.1) is 0 Å². The standard InChI is InChI=1S/C22H23F3O8/c1-12-15(9-10-17(26)30-12)32-16-11-18(27)33-19(16)13(2)31-20(28)21(29-3,22(23,24)25)14-7-5-4-6-8-14/h4-10,12-13,15-16,19H,11H2,1-3H3/t12-,13-,15-,16+,19+,21+/m0/s1. The highest BCUT2D eigenvalue weighted by atomic mass is 19.4. The number of esters is 3. The van der Waals surface area contributed by atoms with E-state index in [1.54, 1.807) is 6.92 Å². The number of hydrogen-bond acceptors (Lipinski definition) is 8. The SMILES string of the molecule is CO[C@@](C(=O)O[C@@H](C)[C@H]1OC(=O)C[C@H]1O[C@H]1C=CC(=O)O[C@H]1C)(c1ccccc1)C(F)(F)F. The molecule has 0 N–H and O–H groups in total. The topological polar surface area (TPSA) is 97.4 Å². The van der Waals surface area contributed by atoms with Crippen molar-refractivity contribution in [3.63, 3.8) is 0 Å². The zero-order chi connectivity index (χ0) is 24.4. The van der Waals surface area contributed by atoms with Crippen molar-refractivity contribution in [3.8, 4) is 0 Å². The molecule has 0 unspecified atom stereocenters. The average Bonchev–Trinajstić information content (AvgIpc) is 3.11. The zero-order valence-electron chi connectivity index (χ0n) is 18.0. The number of hydrogen-bond donors (Lipinski definition) is 0. The number of halogens is 3. The Bertz CT molecular complexity index is 916. The van der Waals surface area contributed by atoms with Gasteiger partial charge in [-0.1, -0.05) is 30.3 Å². The molecule has 0 aromatic heterocycles. The summed E-state index contributed by atoms with van der Waals surface area (Å²) in [4.78, 5) is 36.1. The minimum absolute atomic E-state index is 0.217. The van der Waals surface area contributed by atoms with Crippen molar-refractivity contribution in [2.75, 3.05) is 7.11 Å². The van der Waals surface area contributed by atoms with Gasteiger partial charge in [0.15, 0.2) is 6.10 Å². The van der Waals surface area contributed by atoms with Crippen molar-refractivity contribution in [2.24, 2.45) is 0 Å². The van der Waals surface area contributed by atoms with Crippen LogP contribution in [0.5, 0.6) is 0 Å². The highest BCUT2D eigenvalue weighted by molar-refractivity contribution is 5.83. The van der Waals surface area contributed by atoms with Crippen LogP contribution in [0.3, 0.4) is 0 Å². The van der Waals surface area contributed by atoms with Crippen LogP contribution in [0.15, 0.2) is 42.5 Å². The third kappa shape index (κ3) is 4.88. The quantitative estimate of drug-likeness (QED) is 0.441. The Morgan fingerprint density at radius 2 is 1.82 bits per heavy atom. The Kier molecular flexibility index (Phi) is 7.13. The molecule has 1 saturated heterocycles. The van der Waals surface area contributed by atoms with E-state index in [0.29, 0.717) is 0 Å². The molecule has 0 aliphatic carbocycles. The number of rotatable bonds is 7. The van der Waals surface area contributed by atoms with Crippen molar-refractivity contribution >= 4 is 17.9 Å². The Balaban J connectivity index is 1.81. The lowest BCUT2D eigenvalue weighted by atomic mass is 9.92. The second-order valence-electron chi connectivity index (χ2n) is 7.66. The Labute approximate surface area is 187 Å². The summed E-state index contributed by atoms with van der Waals surface area (Å²) in [5.74, 6) is -2.93. The Morgan fingerprint density at radius 1 is 1.15 bits per heavy atom. The lowest BCUT2D eigenvalue weighted by molar-refractivity contribution is -0.279. The second-order valence-corrected chi connectivity index (χ2v) is 7.66. The van der Waals surface area contributed by atoms with Gasteiger partial charge in [0.1, 0.15) is 24.4 Å². The van der Waals surface area contributed by atoms with E-state index in [1.165, 1.54) is 31.2 Å². The smallest absolute Gasteiger partial charge is 0.432 e. The van der Waals surface area contributed by atoms with Gasteiger partial charge in [0, 0.05) is 18.7 Å². The molecule has 2 heterocycles. The fraction of sp³-hybridized carbons (Fsp3) is 0.500. The predicted molar refractivity (Wildman–Crippen MR) is 105 cm³/mol. The van der Waals surface area contributed by atoms with E-state index in [-0.39, 0.29) is 6.42 Å². The minimum Gasteiger partial charge on any atom is -0.456 e. The predicted octanol–water partition coefficient (Wildman–Crippen LogP) is 2.59. The summed E-state index contributed by atoms with van der Waals surface area (Å²) < 4.78 is 68.1. The molecule has 1 aromatic carbocycles. The van der Waals surface area contributed by atoms with E-state index in [9.17, 15) is 27.6 Å². The summed E-state index contributed by atoms with van der Waals surface area (Å²) in [5.41, 5.74) is -3.84. The van der Waals surface area contributed by atoms with Crippen molar-refractivity contribution < 1.29 is 51.2 Å². The number of benzene rings is 1. The fourth-order valence-corrected chi connectivity index (χ4v) is 3.76. The van der Waals surface area contributed by atoms with E-state index in [0.717, 1.165) is 25.3 Å². The summed E-state index contributed by atoms with van der Waals surface area (Å²) in [6, 6.07) is 6.36. The summed E-state index contributed by atoms with van der Waals surface area (Å²) in [5, 5.41) is 0. The molecule has 11 heteroatoms. The van der Waals surface area contributed by atoms with Crippen molar-refractivity contribution in [1.82, 2.24) is 0 Å². The minimum atomic E-state index is -5.14. The van der Waals surface area contributed by atoms with Crippen LogP contribution in [0.4, 0.5) is 13.2 Å². The van der Waals surface area contributed by atoms with E-state index in [1.807, 2.05) is 0 Å². The van der Waals surface area contributed by atoms with Gasteiger partial charge in [0.05, 0.1) is 6.42 Å². The molecule has 6 atom stereocenters. The largest absolute Gasteiger partial charge is 0.456 e. The van der Waals surface area contributed by atoms with Gasteiger partial charge in [-0.25, -0.2) is 9.59 Å². The normalized spacial score (nSPS) is 27.9. The second kappa shape index (κ2) is 9.52. The highest BCUT2D eigenvalue weighted by Crippen LogP contribution is 2.43. The molecule has 0 bridgehead atoms. The Morgan fingerprint density at radius 3 is 2.39 bits per heavy atom. The maximum Gasteiger partial charge on any atom is 0.432 e. The maximum atomic E-state index is 14.1. The molecule has 0 saturated carbocycles. The number of alkyl halides is 3. The van der Waals surface area contributed by atoms with Gasteiger partial charge in [-0.2, -0.15) is 13.2 Å². The number of carbonyl (C=O) groups is 3. The van der Waals surface area contributed by atoms with Gasteiger partial charge in [0.25, 0.3) is 5.60 Å². The van der Waals surface area contributed by atoms with Crippen LogP contribution in [0.2, 0.25) is 0 Å². The van der Waals surface area contributed by atoms with Gasteiger partial charge in [-0.05, 0) is 19.9 Å². The van der Waals surface area contributed by atoms with Crippen LogP contribution in [0.1, 0.15) is 25.8 Å². The van der Waals surface area contributed by atoms with Gasteiger partial charge < -0.3 is 23.7 Å². The molecule has 1 fully saturated rings. The monoisotopic (exact) mass is 472 g/mol. The summed E-state index contributed by atoms with van der Waals surface area (Å²) >= 11 is 0. The van der Waals surface area contributed by atoms with Crippen LogP contribution in [-0.2, 0) is 43.7 Å². The van der Waals surface area contributed by atoms with Crippen LogP contribution >= 0.6 is 0 Å². The molecular weight excluding hydrogens is 449 g/mol. The average molecular weight is 472 g/mol. The molecule has 0 amide bonds. The van der Waals surface area contributed by atoms with E-state index >= 15 is 0 Å². The van der Waals surface area contributed by atoms with Gasteiger partial charge in [-0.3, -0.25) is 4.79 Å². The van der Waals surface area contributed by atoms with Gasteiger partial charge >= 0.3 is 24.1 Å². The van der Waals surface area contributed by atoms with Crippen LogP contribution in [0, 0.1) is 0 Å². The summed E-state index contributed by atoms with van der Waals surface area (Å²) in [6.07, 6.45) is -7.57. The molecular formula is C22H23F3O8. The lowest BCUT2D eigenvalue weighted by Gasteiger charge is -2.35. The van der Waals surface area contributed by atoms with Crippen LogP contribution < -0.4 is 0 Å². The molecule has 1 aromatic rings. The molecule has 180 valence electrons. The first-order chi connectivity index (χ1) is 15.5. The molecule has 0 radical (unpaired) electrons. The van der Waals surface area contributed by atoms with Crippen molar-refractivity contribution in [2.45, 2.75) is 62.6 Å². The maximum absolute atomic E-state index is 14.1. The van der Waals surface area contributed by atoms with E-state index in [4.69, 9.17) is 23.7 Å². The molecule has 8 nitrogen and oxygen atoms in total. The molecule has 2 aliphatic heterocycles.